The number of rotatable bonds is 6. The van der Waals surface area contributed by atoms with Crippen LogP contribution in [0.2, 0.25) is 0 Å². The minimum absolute atomic E-state index is 0.284. The predicted octanol–water partition coefficient (Wildman–Crippen LogP) is 0.342. The molecular weight excluding hydrogens is 170 g/mol. The summed E-state index contributed by atoms with van der Waals surface area (Å²) in [6, 6.07) is 0. The number of hydrogen-bond acceptors (Lipinski definition) is 4. The summed E-state index contributed by atoms with van der Waals surface area (Å²) in [5.74, 6) is -0.284. The molecule has 0 saturated heterocycles. The van der Waals surface area contributed by atoms with Crippen molar-refractivity contribution < 1.29 is 14.3 Å². The number of methoxy groups -OCH3 is 2. The van der Waals surface area contributed by atoms with Crippen molar-refractivity contribution in [2.45, 2.75) is 6.92 Å². The van der Waals surface area contributed by atoms with Crippen LogP contribution in [0.5, 0.6) is 0 Å². The lowest BCUT2D eigenvalue weighted by Gasteiger charge is -2.01. The van der Waals surface area contributed by atoms with Gasteiger partial charge < -0.3 is 14.8 Å². The highest BCUT2D eigenvalue weighted by Crippen LogP contribution is 1.93. The number of hydrogen-bond donors (Lipinski definition) is 1. The first-order chi connectivity index (χ1) is 6.22. The molecule has 1 N–H and O–H groups in total. The minimum atomic E-state index is -0.284. The van der Waals surface area contributed by atoms with Crippen LogP contribution in [0.4, 0.5) is 0 Å². The quantitative estimate of drug-likeness (QED) is 0.370. The van der Waals surface area contributed by atoms with Crippen LogP contribution in [0.15, 0.2) is 11.6 Å². The largest absolute Gasteiger partial charge is 0.466 e. The van der Waals surface area contributed by atoms with E-state index in [9.17, 15) is 4.79 Å². The SMILES string of the molecule is COCCNC/C=C(/C)C(=O)OC. The molecule has 4 heteroatoms. The second kappa shape index (κ2) is 7.76. The second-order valence-electron chi connectivity index (χ2n) is 2.58. The summed E-state index contributed by atoms with van der Waals surface area (Å²) in [4.78, 5) is 10.9. The van der Waals surface area contributed by atoms with Gasteiger partial charge in [-0.05, 0) is 6.92 Å². The Kier molecular flexibility index (Phi) is 7.24. The number of nitrogens with one attached hydrogen (secondary N) is 1. The summed E-state index contributed by atoms with van der Waals surface area (Å²) in [5.41, 5.74) is 0.618. The molecule has 0 saturated carbocycles. The Hall–Kier alpha value is -0.870. The van der Waals surface area contributed by atoms with E-state index in [-0.39, 0.29) is 5.97 Å². The molecular formula is C9H17NO3. The van der Waals surface area contributed by atoms with Gasteiger partial charge in [0, 0.05) is 25.8 Å². The molecule has 0 aromatic carbocycles. The predicted molar refractivity (Wildman–Crippen MR) is 50.5 cm³/mol. The van der Waals surface area contributed by atoms with E-state index < -0.39 is 0 Å². The Morgan fingerprint density at radius 1 is 1.46 bits per heavy atom. The molecule has 0 bridgehead atoms. The van der Waals surface area contributed by atoms with Gasteiger partial charge in [-0.2, -0.15) is 0 Å². The molecule has 0 unspecified atom stereocenters. The van der Waals surface area contributed by atoms with Crippen molar-refractivity contribution in [3.63, 3.8) is 0 Å². The molecule has 13 heavy (non-hydrogen) atoms. The first-order valence-corrected chi connectivity index (χ1v) is 4.17. The average molecular weight is 187 g/mol. The normalized spacial score (nSPS) is 11.5. The Balaban J connectivity index is 3.53. The molecule has 0 rings (SSSR count). The lowest BCUT2D eigenvalue weighted by Crippen LogP contribution is -2.19. The molecule has 0 amide bonds. The monoisotopic (exact) mass is 187 g/mol. The molecule has 4 nitrogen and oxygen atoms in total. The Morgan fingerprint density at radius 3 is 2.69 bits per heavy atom. The average Bonchev–Trinajstić information content (AvgIpc) is 2.16. The van der Waals surface area contributed by atoms with Gasteiger partial charge in [-0.25, -0.2) is 4.79 Å². The lowest BCUT2D eigenvalue weighted by atomic mass is 10.3. The molecule has 0 aromatic heterocycles. The highest BCUT2D eigenvalue weighted by Gasteiger charge is 2.00. The molecule has 0 aliphatic rings. The van der Waals surface area contributed by atoms with Crippen molar-refractivity contribution in [1.82, 2.24) is 5.32 Å². The molecule has 0 aromatic rings. The van der Waals surface area contributed by atoms with Gasteiger partial charge in [-0.3, -0.25) is 0 Å². The fraction of sp³-hybridized carbons (Fsp3) is 0.667. The maximum atomic E-state index is 10.9. The van der Waals surface area contributed by atoms with E-state index in [2.05, 4.69) is 10.1 Å². The Labute approximate surface area is 78.9 Å². The van der Waals surface area contributed by atoms with Crippen molar-refractivity contribution in [2.24, 2.45) is 0 Å². The lowest BCUT2D eigenvalue weighted by molar-refractivity contribution is -0.136. The molecule has 0 aliphatic carbocycles. The van der Waals surface area contributed by atoms with Crippen LogP contribution in [0.3, 0.4) is 0 Å². The zero-order valence-corrected chi connectivity index (χ0v) is 8.42. The fourth-order valence-corrected chi connectivity index (χ4v) is 0.746. The maximum absolute atomic E-state index is 10.9. The van der Waals surface area contributed by atoms with Crippen LogP contribution in [0, 0.1) is 0 Å². The van der Waals surface area contributed by atoms with Gasteiger partial charge in [-0.1, -0.05) is 6.08 Å². The van der Waals surface area contributed by atoms with E-state index in [1.54, 1.807) is 20.1 Å². The van der Waals surface area contributed by atoms with Crippen molar-refractivity contribution in [3.05, 3.63) is 11.6 Å². The number of esters is 1. The topological polar surface area (TPSA) is 47.6 Å². The molecule has 0 atom stereocenters. The zero-order valence-electron chi connectivity index (χ0n) is 8.42. The number of carbonyl (C=O) groups is 1. The minimum Gasteiger partial charge on any atom is -0.466 e. The summed E-state index contributed by atoms with van der Waals surface area (Å²) in [6.45, 7) is 3.83. The molecule has 76 valence electrons. The summed E-state index contributed by atoms with van der Waals surface area (Å²) in [5, 5.41) is 3.09. The van der Waals surface area contributed by atoms with Crippen molar-refractivity contribution in [1.29, 1.82) is 0 Å². The fourth-order valence-electron chi connectivity index (χ4n) is 0.746. The third-order valence-corrected chi connectivity index (χ3v) is 1.54. The van der Waals surface area contributed by atoms with Crippen LogP contribution in [0.25, 0.3) is 0 Å². The van der Waals surface area contributed by atoms with Gasteiger partial charge >= 0.3 is 5.97 Å². The van der Waals surface area contributed by atoms with Gasteiger partial charge in [-0.15, -0.1) is 0 Å². The summed E-state index contributed by atoms with van der Waals surface area (Å²) < 4.78 is 9.37. The smallest absolute Gasteiger partial charge is 0.333 e. The Morgan fingerprint density at radius 2 is 2.15 bits per heavy atom. The third-order valence-electron chi connectivity index (χ3n) is 1.54. The van der Waals surface area contributed by atoms with Gasteiger partial charge in [0.1, 0.15) is 0 Å². The third kappa shape index (κ3) is 6.31. The first kappa shape index (κ1) is 12.1. The summed E-state index contributed by atoms with van der Waals surface area (Å²) in [7, 11) is 3.02. The van der Waals surface area contributed by atoms with Crippen molar-refractivity contribution in [3.8, 4) is 0 Å². The molecule has 0 radical (unpaired) electrons. The van der Waals surface area contributed by atoms with E-state index in [4.69, 9.17) is 4.74 Å². The highest BCUT2D eigenvalue weighted by atomic mass is 16.5. The van der Waals surface area contributed by atoms with Crippen molar-refractivity contribution >= 4 is 5.97 Å². The molecule has 0 aliphatic heterocycles. The van der Waals surface area contributed by atoms with Crippen LogP contribution < -0.4 is 5.32 Å². The molecule has 0 heterocycles. The highest BCUT2D eigenvalue weighted by molar-refractivity contribution is 5.87. The summed E-state index contributed by atoms with van der Waals surface area (Å²) >= 11 is 0. The van der Waals surface area contributed by atoms with Gasteiger partial charge in [0.05, 0.1) is 13.7 Å². The van der Waals surface area contributed by atoms with Crippen molar-refractivity contribution in [2.75, 3.05) is 33.9 Å². The maximum Gasteiger partial charge on any atom is 0.333 e. The van der Waals surface area contributed by atoms with E-state index in [1.807, 2.05) is 0 Å². The van der Waals surface area contributed by atoms with E-state index in [1.165, 1.54) is 7.11 Å². The van der Waals surface area contributed by atoms with Crippen LogP contribution in [-0.4, -0.2) is 39.9 Å². The molecule has 0 fully saturated rings. The first-order valence-electron chi connectivity index (χ1n) is 4.17. The van der Waals surface area contributed by atoms with Crippen LogP contribution >= 0.6 is 0 Å². The van der Waals surface area contributed by atoms with Gasteiger partial charge in [0.2, 0.25) is 0 Å². The van der Waals surface area contributed by atoms with E-state index >= 15 is 0 Å². The van der Waals surface area contributed by atoms with E-state index in [0.29, 0.717) is 18.7 Å². The summed E-state index contributed by atoms with van der Waals surface area (Å²) in [6.07, 6.45) is 1.79. The van der Waals surface area contributed by atoms with Gasteiger partial charge in [0.25, 0.3) is 0 Å². The number of ether oxygens (including phenoxy) is 2. The van der Waals surface area contributed by atoms with Crippen LogP contribution in [0.1, 0.15) is 6.92 Å². The zero-order chi connectivity index (χ0) is 10.1. The van der Waals surface area contributed by atoms with Gasteiger partial charge in [0.15, 0.2) is 0 Å². The van der Waals surface area contributed by atoms with E-state index in [0.717, 1.165) is 6.54 Å². The second-order valence-corrected chi connectivity index (χ2v) is 2.58. The van der Waals surface area contributed by atoms with Crippen LogP contribution in [-0.2, 0) is 14.3 Å². The standard InChI is InChI=1S/C9H17NO3/c1-8(9(11)13-3)4-5-10-6-7-12-2/h4,10H,5-7H2,1-3H3/b8-4-. The Bertz CT molecular complexity index is 178. The molecule has 0 spiro atoms. The number of carbonyl (C=O) groups excluding carboxylic acids is 1.